The van der Waals surface area contributed by atoms with Crippen LogP contribution in [0.1, 0.15) is 10.6 Å². The van der Waals surface area contributed by atoms with E-state index in [-0.39, 0.29) is 0 Å². The second kappa shape index (κ2) is 4.89. The first-order chi connectivity index (χ1) is 7.77. The van der Waals surface area contributed by atoms with Crippen LogP contribution in [-0.2, 0) is 6.42 Å². The Morgan fingerprint density at radius 1 is 1.44 bits per heavy atom. The largest absolute Gasteiger partial charge is 0.476 e. The molecule has 0 saturated carbocycles. The Bertz CT molecular complexity index is 471. The van der Waals surface area contributed by atoms with Crippen LogP contribution < -0.4 is 10.5 Å². The average Bonchev–Trinajstić information content (AvgIpc) is 2.67. The van der Waals surface area contributed by atoms with Gasteiger partial charge in [0, 0.05) is 11.3 Å². The third-order valence-electron chi connectivity index (χ3n) is 2.11. The summed E-state index contributed by atoms with van der Waals surface area (Å²) in [7, 11) is 0. The van der Waals surface area contributed by atoms with Gasteiger partial charge in [0.1, 0.15) is 12.0 Å². The highest BCUT2D eigenvalue weighted by molar-refractivity contribution is 7.09. The van der Waals surface area contributed by atoms with E-state index in [4.69, 9.17) is 10.5 Å². The Kier molecular flexibility index (Phi) is 3.31. The summed E-state index contributed by atoms with van der Waals surface area (Å²) < 4.78 is 5.47. The zero-order chi connectivity index (χ0) is 11.4. The van der Waals surface area contributed by atoms with Crippen molar-refractivity contribution in [3.63, 3.8) is 0 Å². The molecule has 2 aromatic rings. The first-order valence-electron chi connectivity index (χ1n) is 4.84. The molecule has 0 radical (unpaired) electrons. The minimum absolute atomic E-state index is 0.442. The second-order valence-corrected chi connectivity index (χ2v) is 4.18. The Morgan fingerprint density at radius 2 is 2.31 bits per heavy atom. The van der Waals surface area contributed by atoms with Crippen LogP contribution in [0.2, 0.25) is 0 Å². The summed E-state index contributed by atoms with van der Waals surface area (Å²) in [5.41, 5.74) is 9.01. The fourth-order valence-corrected chi connectivity index (χ4v) is 2.02. The molecule has 0 atom stereocenters. The van der Waals surface area contributed by atoms with Gasteiger partial charge >= 0.3 is 0 Å². The van der Waals surface area contributed by atoms with Crippen LogP contribution >= 0.6 is 11.3 Å². The van der Waals surface area contributed by atoms with E-state index < -0.39 is 0 Å². The number of anilines is 1. The maximum atomic E-state index is 5.65. The van der Waals surface area contributed by atoms with E-state index in [1.165, 1.54) is 17.4 Å². The third kappa shape index (κ3) is 2.46. The molecule has 2 N–H and O–H groups in total. The van der Waals surface area contributed by atoms with E-state index in [1.54, 1.807) is 11.3 Å². The van der Waals surface area contributed by atoms with E-state index in [2.05, 4.69) is 15.0 Å². The average molecular weight is 236 g/mol. The smallest absolute Gasteiger partial charge is 0.240 e. The molecule has 2 rings (SSSR count). The van der Waals surface area contributed by atoms with Crippen molar-refractivity contribution in [1.82, 2.24) is 15.0 Å². The minimum Gasteiger partial charge on any atom is -0.476 e. The molecule has 0 aliphatic heterocycles. The van der Waals surface area contributed by atoms with Gasteiger partial charge in [-0.3, -0.25) is 0 Å². The Hall–Kier alpha value is -1.69. The van der Waals surface area contributed by atoms with E-state index in [9.17, 15) is 0 Å². The van der Waals surface area contributed by atoms with Gasteiger partial charge in [0.2, 0.25) is 5.88 Å². The lowest BCUT2D eigenvalue weighted by Crippen LogP contribution is -2.05. The van der Waals surface area contributed by atoms with Gasteiger partial charge < -0.3 is 10.5 Å². The predicted octanol–water partition coefficient (Wildman–Crippen LogP) is 1.45. The van der Waals surface area contributed by atoms with Crippen molar-refractivity contribution in [2.24, 2.45) is 0 Å². The molecule has 0 spiro atoms. The predicted molar refractivity (Wildman–Crippen MR) is 62.5 cm³/mol. The number of aromatic nitrogens is 3. The molecule has 0 aromatic carbocycles. The van der Waals surface area contributed by atoms with Crippen molar-refractivity contribution in [2.45, 2.75) is 13.3 Å². The summed E-state index contributed by atoms with van der Waals surface area (Å²) in [4.78, 5) is 13.1. The topological polar surface area (TPSA) is 73.9 Å². The van der Waals surface area contributed by atoms with Crippen LogP contribution in [0.4, 0.5) is 5.69 Å². The molecule has 16 heavy (non-hydrogen) atoms. The molecular formula is C10H12N4OS. The number of hydrogen-bond acceptors (Lipinski definition) is 6. The number of nitrogens with zero attached hydrogens (tertiary/aromatic N) is 3. The highest BCUT2D eigenvalue weighted by Gasteiger charge is 2.04. The van der Waals surface area contributed by atoms with Crippen molar-refractivity contribution < 1.29 is 4.74 Å². The summed E-state index contributed by atoms with van der Waals surface area (Å²) in [6.07, 6.45) is 3.77. The summed E-state index contributed by atoms with van der Waals surface area (Å²) >= 11 is 1.63. The molecule has 2 aromatic heterocycles. The van der Waals surface area contributed by atoms with Crippen LogP contribution in [0.3, 0.4) is 0 Å². The van der Waals surface area contributed by atoms with Gasteiger partial charge in [-0.25, -0.2) is 15.0 Å². The van der Waals surface area contributed by atoms with Gasteiger partial charge in [-0.05, 0) is 6.92 Å². The number of rotatable bonds is 4. The summed E-state index contributed by atoms with van der Waals surface area (Å²) in [5, 5.41) is 0. The van der Waals surface area contributed by atoms with E-state index >= 15 is 0 Å². The first kappa shape index (κ1) is 10.8. The highest BCUT2D eigenvalue weighted by atomic mass is 32.1. The Balaban J connectivity index is 1.89. The van der Waals surface area contributed by atoms with Gasteiger partial charge in [0.25, 0.3) is 0 Å². The normalized spacial score (nSPS) is 10.3. The molecule has 0 unspecified atom stereocenters. The van der Waals surface area contributed by atoms with Crippen LogP contribution in [0, 0.1) is 6.92 Å². The fraction of sp³-hybridized carbons (Fsp3) is 0.300. The van der Waals surface area contributed by atoms with Crippen LogP contribution in [-0.4, -0.2) is 21.6 Å². The number of ether oxygens (including phenoxy) is 1. The van der Waals surface area contributed by atoms with Gasteiger partial charge in [-0.2, -0.15) is 0 Å². The molecule has 0 aliphatic rings. The van der Waals surface area contributed by atoms with Gasteiger partial charge in [0.05, 0.1) is 24.0 Å². The molecule has 0 saturated heterocycles. The van der Waals surface area contributed by atoms with Crippen molar-refractivity contribution in [1.29, 1.82) is 0 Å². The molecule has 6 heteroatoms. The minimum atomic E-state index is 0.442. The molecule has 84 valence electrons. The summed E-state index contributed by atoms with van der Waals surface area (Å²) in [6, 6.07) is 0. The number of hydrogen-bond donors (Lipinski definition) is 1. The molecule has 5 nitrogen and oxygen atoms in total. The lowest BCUT2D eigenvalue weighted by Gasteiger charge is -2.05. The summed E-state index contributed by atoms with van der Waals surface area (Å²) in [5.74, 6) is 0.442. The molecule has 0 bridgehead atoms. The maximum absolute atomic E-state index is 5.65. The monoisotopic (exact) mass is 236 g/mol. The standard InChI is InChI=1S/C10H12N4OS/c1-7-9(16-6-14-7)2-3-15-10-8(11)4-12-5-13-10/h4-6H,2-3,11H2,1H3. The number of thiazole rings is 1. The zero-order valence-electron chi connectivity index (χ0n) is 8.88. The molecule has 0 amide bonds. The van der Waals surface area contributed by atoms with Crippen molar-refractivity contribution in [2.75, 3.05) is 12.3 Å². The van der Waals surface area contributed by atoms with Gasteiger partial charge in [-0.1, -0.05) is 0 Å². The Labute approximate surface area is 97.3 Å². The quantitative estimate of drug-likeness (QED) is 0.869. The SMILES string of the molecule is Cc1ncsc1CCOc1ncncc1N. The van der Waals surface area contributed by atoms with Crippen LogP contribution in [0.5, 0.6) is 5.88 Å². The molecular weight excluding hydrogens is 224 g/mol. The van der Waals surface area contributed by atoms with Crippen molar-refractivity contribution >= 4 is 17.0 Å². The fourth-order valence-electron chi connectivity index (χ4n) is 1.26. The third-order valence-corrected chi connectivity index (χ3v) is 3.11. The van der Waals surface area contributed by atoms with Crippen LogP contribution in [0.15, 0.2) is 18.0 Å². The van der Waals surface area contributed by atoms with Gasteiger partial charge in [-0.15, -0.1) is 11.3 Å². The van der Waals surface area contributed by atoms with E-state index in [0.717, 1.165) is 12.1 Å². The molecule has 0 fully saturated rings. The van der Waals surface area contributed by atoms with Crippen molar-refractivity contribution in [3.8, 4) is 5.88 Å². The lowest BCUT2D eigenvalue weighted by atomic mass is 10.3. The van der Waals surface area contributed by atoms with Crippen LogP contribution in [0.25, 0.3) is 0 Å². The number of nitrogen functional groups attached to an aromatic ring is 1. The first-order valence-corrected chi connectivity index (χ1v) is 5.72. The molecule has 2 heterocycles. The van der Waals surface area contributed by atoms with E-state index in [0.29, 0.717) is 18.2 Å². The highest BCUT2D eigenvalue weighted by Crippen LogP contribution is 2.16. The van der Waals surface area contributed by atoms with Gasteiger partial charge in [0.15, 0.2) is 0 Å². The van der Waals surface area contributed by atoms with Crippen molar-refractivity contribution in [3.05, 3.63) is 28.6 Å². The lowest BCUT2D eigenvalue weighted by molar-refractivity contribution is 0.311. The zero-order valence-corrected chi connectivity index (χ0v) is 9.70. The number of nitrogens with two attached hydrogens (primary N) is 1. The van der Waals surface area contributed by atoms with E-state index in [1.807, 2.05) is 12.4 Å². The molecule has 0 aliphatic carbocycles. The second-order valence-electron chi connectivity index (χ2n) is 3.24. The Morgan fingerprint density at radius 3 is 3.00 bits per heavy atom. The number of aryl methyl sites for hydroxylation is 1. The summed E-state index contributed by atoms with van der Waals surface area (Å²) in [6.45, 7) is 2.54. The maximum Gasteiger partial charge on any atom is 0.240 e.